The van der Waals surface area contributed by atoms with Crippen molar-refractivity contribution >= 4 is 5.91 Å². The molecule has 0 heterocycles. The number of allylic oxidation sites excluding steroid dienone is 5. The Morgan fingerprint density at radius 2 is 1.05 bits per heavy atom. The maximum absolute atomic E-state index is 12.3. The zero-order chi connectivity index (χ0) is 30.2. The third kappa shape index (κ3) is 27.2. The summed E-state index contributed by atoms with van der Waals surface area (Å²) in [4.78, 5) is 12.3. The molecule has 41 heavy (non-hydrogen) atoms. The van der Waals surface area contributed by atoms with Gasteiger partial charge in [-0.1, -0.05) is 153 Å². The average molecular weight is 578 g/mol. The van der Waals surface area contributed by atoms with Crippen LogP contribution in [0.4, 0.5) is 0 Å². The zero-order valence-corrected chi connectivity index (χ0v) is 26.9. The Bertz CT molecular complexity index is 645. The third-order valence-corrected chi connectivity index (χ3v) is 7.76. The van der Waals surface area contributed by atoms with Gasteiger partial charge in [0.15, 0.2) is 0 Å². The fraction of sp³-hybridized carbons (Fsp3) is 0.806. The molecule has 5 heteroatoms. The van der Waals surface area contributed by atoms with Gasteiger partial charge in [0, 0.05) is 0 Å². The molecule has 0 spiro atoms. The molecule has 1 amide bonds. The lowest BCUT2D eigenvalue weighted by Crippen LogP contribution is -2.48. The standard InChI is InChI=1S/C36H67NO4/c1-3-5-7-9-11-13-15-16-17-18-19-21-23-25-27-29-31-35(40)36(41)37-33(32-38)34(39)30-28-26-24-22-20-14-12-10-8-6-4-2/h16-17,24,26,28,30,33-35,38-40H,3-15,18-23,25,27,29,31-32H2,1-2H3,(H,37,41)/b17-16-,26-24+,30-28+/t33-,34+,35?/m0/s1. The molecule has 0 aliphatic heterocycles. The predicted molar refractivity (Wildman–Crippen MR) is 176 cm³/mol. The Kier molecular flexibility index (Phi) is 30.4. The molecule has 0 aliphatic carbocycles. The number of hydrogen-bond donors (Lipinski definition) is 4. The molecule has 240 valence electrons. The summed E-state index contributed by atoms with van der Waals surface area (Å²) in [7, 11) is 0. The highest BCUT2D eigenvalue weighted by molar-refractivity contribution is 5.80. The van der Waals surface area contributed by atoms with Crippen LogP contribution in [-0.4, -0.2) is 46.1 Å². The molecule has 3 atom stereocenters. The van der Waals surface area contributed by atoms with Crippen LogP contribution in [0, 0.1) is 0 Å². The van der Waals surface area contributed by atoms with Crippen LogP contribution in [0.15, 0.2) is 36.5 Å². The van der Waals surface area contributed by atoms with Crippen molar-refractivity contribution in [2.45, 2.75) is 180 Å². The molecule has 5 nitrogen and oxygen atoms in total. The topological polar surface area (TPSA) is 89.8 Å². The van der Waals surface area contributed by atoms with E-state index in [2.05, 4.69) is 37.4 Å². The van der Waals surface area contributed by atoms with E-state index in [0.717, 1.165) is 32.1 Å². The first-order valence-corrected chi connectivity index (χ1v) is 17.3. The van der Waals surface area contributed by atoms with E-state index >= 15 is 0 Å². The minimum absolute atomic E-state index is 0.389. The first-order chi connectivity index (χ1) is 20.1. The normalized spacial score (nSPS) is 14.4. The Hall–Kier alpha value is -1.43. The van der Waals surface area contributed by atoms with Gasteiger partial charge >= 0.3 is 0 Å². The minimum Gasteiger partial charge on any atom is -0.394 e. The summed E-state index contributed by atoms with van der Waals surface area (Å²) in [5, 5.41) is 32.8. The smallest absolute Gasteiger partial charge is 0.249 e. The maximum atomic E-state index is 12.3. The lowest BCUT2D eigenvalue weighted by Gasteiger charge is -2.21. The van der Waals surface area contributed by atoms with Gasteiger partial charge in [-0.25, -0.2) is 0 Å². The van der Waals surface area contributed by atoms with Gasteiger partial charge in [-0.15, -0.1) is 0 Å². The first-order valence-electron chi connectivity index (χ1n) is 17.3. The van der Waals surface area contributed by atoms with Crippen LogP contribution in [0.3, 0.4) is 0 Å². The second-order valence-corrected chi connectivity index (χ2v) is 11.8. The van der Waals surface area contributed by atoms with Gasteiger partial charge in [0.25, 0.3) is 0 Å². The van der Waals surface area contributed by atoms with Crippen molar-refractivity contribution < 1.29 is 20.1 Å². The van der Waals surface area contributed by atoms with Crippen LogP contribution in [0.5, 0.6) is 0 Å². The Balaban J connectivity index is 3.83. The number of aliphatic hydroxyl groups excluding tert-OH is 3. The fourth-order valence-electron chi connectivity index (χ4n) is 4.94. The van der Waals surface area contributed by atoms with E-state index in [4.69, 9.17) is 0 Å². The van der Waals surface area contributed by atoms with Crippen LogP contribution in [0.25, 0.3) is 0 Å². The molecule has 0 rings (SSSR count). The van der Waals surface area contributed by atoms with Gasteiger partial charge in [0.05, 0.1) is 18.8 Å². The van der Waals surface area contributed by atoms with E-state index in [9.17, 15) is 20.1 Å². The quantitative estimate of drug-likeness (QED) is 0.0390. The van der Waals surface area contributed by atoms with Crippen molar-refractivity contribution in [2.75, 3.05) is 6.61 Å². The number of carbonyl (C=O) groups is 1. The molecule has 0 aromatic rings. The Morgan fingerprint density at radius 1 is 0.610 bits per heavy atom. The molecule has 0 bridgehead atoms. The first kappa shape index (κ1) is 39.6. The van der Waals surface area contributed by atoms with Gasteiger partial charge < -0.3 is 20.6 Å². The van der Waals surface area contributed by atoms with E-state index in [0.29, 0.717) is 6.42 Å². The number of amides is 1. The SMILES string of the molecule is CCCCCCCC/C=C\CCCCCCCCC(O)C(=O)N[C@@H](CO)[C@H](O)/C=C/C=C/CCCCCCCCC. The number of aliphatic hydroxyl groups is 3. The molecular weight excluding hydrogens is 510 g/mol. The van der Waals surface area contributed by atoms with Crippen LogP contribution in [0.2, 0.25) is 0 Å². The Morgan fingerprint density at radius 3 is 1.54 bits per heavy atom. The summed E-state index contributed by atoms with van der Waals surface area (Å²) in [5.41, 5.74) is 0. The lowest BCUT2D eigenvalue weighted by atomic mass is 10.0. The highest BCUT2D eigenvalue weighted by Crippen LogP contribution is 2.12. The fourth-order valence-corrected chi connectivity index (χ4v) is 4.94. The van der Waals surface area contributed by atoms with Crippen molar-refractivity contribution in [3.05, 3.63) is 36.5 Å². The van der Waals surface area contributed by atoms with E-state index in [-0.39, 0.29) is 6.61 Å². The molecule has 1 unspecified atom stereocenters. The molecule has 0 fully saturated rings. The van der Waals surface area contributed by atoms with Gasteiger partial charge in [-0.05, 0) is 44.9 Å². The molecule has 0 aromatic carbocycles. The van der Waals surface area contributed by atoms with Crippen molar-refractivity contribution in [3.63, 3.8) is 0 Å². The van der Waals surface area contributed by atoms with Crippen LogP contribution < -0.4 is 5.32 Å². The van der Waals surface area contributed by atoms with Gasteiger partial charge in [-0.3, -0.25) is 4.79 Å². The second-order valence-electron chi connectivity index (χ2n) is 11.8. The monoisotopic (exact) mass is 578 g/mol. The summed E-state index contributed by atoms with van der Waals surface area (Å²) >= 11 is 0. The molecular formula is C36H67NO4. The molecule has 0 aliphatic rings. The predicted octanol–water partition coefficient (Wildman–Crippen LogP) is 8.87. The molecule has 0 saturated heterocycles. The third-order valence-electron chi connectivity index (χ3n) is 7.76. The van der Waals surface area contributed by atoms with Gasteiger partial charge in [0.2, 0.25) is 5.91 Å². The number of carbonyl (C=O) groups excluding carboxylic acids is 1. The van der Waals surface area contributed by atoms with Crippen molar-refractivity contribution in [1.82, 2.24) is 5.32 Å². The molecule has 0 saturated carbocycles. The summed E-state index contributed by atoms with van der Waals surface area (Å²) in [6, 6.07) is -0.829. The van der Waals surface area contributed by atoms with Crippen LogP contribution in [-0.2, 0) is 4.79 Å². The second kappa shape index (κ2) is 31.5. The van der Waals surface area contributed by atoms with Gasteiger partial charge in [0.1, 0.15) is 6.10 Å². The maximum Gasteiger partial charge on any atom is 0.249 e. The van der Waals surface area contributed by atoms with E-state index in [1.165, 1.54) is 109 Å². The van der Waals surface area contributed by atoms with Crippen molar-refractivity contribution in [3.8, 4) is 0 Å². The summed E-state index contributed by atoms with van der Waals surface area (Å²) < 4.78 is 0. The number of nitrogens with one attached hydrogen (secondary N) is 1. The number of unbranched alkanes of at least 4 members (excludes halogenated alkanes) is 19. The highest BCUT2D eigenvalue weighted by Gasteiger charge is 2.22. The average Bonchev–Trinajstić information content (AvgIpc) is 2.98. The summed E-state index contributed by atoms with van der Waals surface area (Å²) in [6.45, 7) is 4.10. The van der Waals surface area contributed by atoms with E-state index in [1.807, 2.05) is 6.08 Å². The molecule has 0 aromatic heterocycles. The van der Waals surface area contributed by atoms with Crippen LogP contribution >= 0.6 is 0 Å². The summed E-state index contributed by atoms with van der Waals surface area (Å²) in [5.74, 6) is -0.529. The molecule has 0 radical (unpaired) electrons. The highest BCUT2D eigenvalue weighted by atomic mass is 16.3. The van der Waals surface area contributed by atoms with Crippen LogP contribution in [0.1, 0.15) is 162 Å². The van der Waals surface area contributed by atoms with Crippen molar-refractivity contribution in [1.29, 1.82) is 0 Å². The lowest BCUT2D eigenvalue weighted by molar-refractivity contribution is -0.131. The summed E-state index contributed by atoms with van der Waals surface area (Å²) in [6.07, 6.45) is 37.3. The van der Waals surface area contributed by atoms with Crippen molar-refractivity contribution in [2.24, 2.45) is 0 Å². The number of hydrogen-bond acceptors (Lipinski definition) is 4. The number of rotatable bonds is 30. The zero-order valence-electron chi connectivity index (χ0n) is 26.9. The molecule has 4 N–H and O–H groups in total. The minimum atomic E-state index is -1.11. The largest absolute Gasteiger partial charge is 0.394 e. The van der Waals surface area contributed by atoms with E-state index < -0.39 is 24.2 Å². The van der Waals surface area contributed by atoms with E-state index in [1.54, 1.807) is 12.2 Å². The van der Waals surface area contributed by atoms with Gasteiger partial charge in [-0.2, -0.15) is 0 Å². The Labute approximate surface area is 254 Å².